The molecule has 3 rings (SSSR count). The van der Waals surface area contributed by atoms with Gasteiger partial charge < -0.3 is 5.11 Å². The van der Waals surface area contributed by atoms with Gasteiger partial charge >= 0.3 is 0 Å². The van der Waals surface area contributed by atoms with Crippen LogP contribution in [0.15, 0.2) is 65.1 Å². The maximum absolute atomic E-state index is 10.6. The summed E-state index contributed by atoms with van der Waals surface area (Å²) in [6.07, 6.45) is 0.435. The number of aliphatic hydroxyl groups excluding tert-OH is 1. The fraction of sp³-hybridized carbons (Fsp3) is 0.158. The van der Waals surface area contributed by atoms with Crippen LogP contribution in [0.3, 0.4) is 0 Å². The predicted molar refractivity (Wildman–Crippen MR) is 91.5 cm³/mol. The van der Waals surface area contributed by atoms with Crippen LogP contribution in [-0.2, 0) is 6.42 Å². The van der Waals surface area contributed by atoms with E-state index in [-0.39, 0.29) is 0 Å². The van der Waals surface area contributed by atoms with E-state index < -0.39 is 6.10 Å². The van der Waals surface area contributed by atoms with Crippen LogP contribution in [0.2, 0.25) is 0 Å². The molecule has 0 spiro atoms. The fourth-order valence-corrected chi connectivity index (χ4v) is 2.91. The van der Waals surface area contributed by atoms with Gasteiger partial charge in [-0.1, -0.05) is 65.3 Å². The summed E-state index contributed by atoms with van der Waals surface area (Å²) >= 11 is 3.48. The summed E-state index contributed by atoms with van der Waals surface area (Å²) < 4.78 is 1.07. The summed E-state index contributed by atoms with van der Waals surface area (Å²) in [7, 11) is 0. The van der Waals surface area contributed by atoms with Gasteiger partial charge in [0.15, 0.2) is 0 Å². The van der Waals surface area contributed by atoms with Gasteiger partial charge in [0, 0.05) is 4.47 Å². The van der Waals surface area contributed by atoms with E-state index in [1.54, 1.807) is 0 Å². The molecule has 0 aromatic heterocycles. The molecule has 106 valence electrons. The molecule has 0 fully saturated rings. The molecule has 3 aromatic carbocycles. The molecule has 0 saturated heterocycles. The van der Waals surface area contributed by atoms with Crippen molar-refractivity contribution >= 4 is 26.7 Å². The standard InChI is InChI=1S/C19H17BrO/c1-2-13-3-5-14(6-4-13)19(21)17-8-7-16-12-18(20)10-9-15(16)11-17/h3-12,19,21H,2H2,1H3. The number of benzene rings is 3. The van der Waals surface area contributed by atoms with E-state index in [9.17, 15) is 5.11 Å². The first-order valence-corrected chi connectivity index (χ1v) is 7.93. The first kappa shape index (κ1) is 14.3. The normalized spacial score (nSPS) is 12.5. The van der Waals surface area contributed by atoms with Gasteiger partial charge in [0.25, 0.3) is 0 Å². The summed E-state index contributed by atoms with van der Waals surface area (Å²) in [4.78, 5) is 0. The zero-order chi connectivity index (χ0) is 14.8. The first-order valence-electron chi connectivity index (χ1n) is 7.13. The number of halogens is 1. The highest BCUT2D eigenvalue weighted by molar-refractivity contribution is 9.10. The molecule has 0 amide bonds. The van der Waals surface area contributed by atoms with Crippen molar-refractivity contribution in [2.75, 3.05) is 0 Å². The lowest BCUT2D eigenvalue weighted by atomic mass is 9.97. The zero-order valence-corrected chi connectivity index (χ0v) is 13.5. The van der Waals surface area contributed by atoms with Gasteiger partial charge in [-0.05, 0) is 52.1 Å². The Morgan fingerprint density at radius 2 is 1.48 bits per heavy atom. The van der Waals surface area contributed by atoms with Crippen LogP contribution in [-0.4, -0.2) is 5.11 Å². The van der Waals surface area contributed by atoms with Crippen molar-refractivity contribution in [1.29, 1.82) is 0 Å². The Kier molecular flexibility index (Phi) is 4.09. The van der Waals surface area contributed by atoms with Gasteiger partial charge in [-0.15, -0.1) is 0 Å². The van der Waals surface area contributed by atoms with Gasteiger partial charge in [0.2, 0.25) is 0 Å². The minimum absolute atomic E-state index is 0.580. The molecule has 1 nitrogen and oxygen atoms in total. The second-order valence-electron chi connectivity index (χ2n) is 5.25. The minimum Gasteiger partial charge on any atom is -0.384 e. The molecule has 1 atom stereocenters. The Morgan fingerprint density at radius 1 is 0.857 bits per heavy atom. The van der Waals surface area contributed by atoms with Gasteiger partial charge in [-0.25, -0.2) is 0 Å². The van der Waals surface area contributed by atoms with Crippen molar-refractivity contribution < 1.29 is 5.11 Å². The Morgan fingerprint density at radius 3 is 2.19 bits per heavy atom. The predicted octanol–water partition coefficient (Wildman–Crippen LogP) is 5.25. The molecule has 1 unspecified atom stereocenters. The highest BCUT2D eigenvalue weighted by Gasteiger charge is 2.10. The second kappa shape index (κ2) is 6.00. The van der Waals surface area contributed by atoms with Gasteiger partial charge in [-0.2, -0.15) is 0 Å². The highest BCUT2D eigenvalue weighted by atomic mass is 79.9. The molecule has 0 radical (unpaired) electrons. The lowest BCUT2D eigenvalue weighted by Crippen LogP contribution is -1.99. The van der Waals surface area contributed by atoms with E-state index in [1.807, 2.05) is 24.3 Å². The summed E-state index contributed by atoms with van der Waals surface area (Å²) in [6, 6.07) is 20.5. The second-order valence-corrected chi connectivity index (χ2v) is 6.16. The Labute approximate surface area is 133 Å². The average Bonchev–Trinajstić information content (AvgIpc) is 2.53. The fourth-order valence-electron chi connectivity index (χ4n) is 2.53. The minimum atomic E-state index is -0.580. The molecule has 1 N–H and O–H groups in total. The van der Waals surface area contributed by atoms with E-state index >= 15 is 0 Å². The van der Waals surface area contributed by atoms with Crippen LogP contribution in [0, 0.1) is 0 Å². The summed E-state index contributed by atoms with van der Waals surface area (Å²) in [6.45, 7) is 2.13. The maximum atomic E-state index is 10.6. The third-order valence-electron chi connectivity index (χ3n) is 3.85. The van der Waals surface area contributed by atoms with Crippen molar-refractivity contribution in [1.82, 2.24) is 0 Å². The lowest BCUT2D eigenvalue weighted by molar-refractivity contribution is 0.220. The van der Waals surface area contributed by atoms with E-state index in [0.717, 1.165) is 27.4 Å². The molecule has 0 saturated carbocycles. The smallest absolute Gasteiger partial charge is 0.104 e. The van der Waals surface area contributed by atoms with Crippen molar-refractivity contribution in [2.24, 2.45) is 0 Å². The molecule has 2 heteroatoms. The van der Waals surface area contributed by atoms with Crippen LogP contribution in [0.5, 0.6) is 0 Å². The molecule has 3 aromatic rings. The molecule has 0 aliphatic rings. The summed E-state index contributed by atoms with van der Waals surface area (Å²) in [5.41, 5.74) is 3.15. The van der Waals surface area contributed by atoms with Crippen LogP contribution in [0.25, 0.3) is 10.8 Å². The number of fused-ring (bicyclic) bond motifs is 1. The van der Waals surface area contributed by atoms with Gasteiger partial charge in [0.05, 0.1) is 0 Å². The number of hydrogen-bond donors (Lipinski definition) is 1. The molecular weight excluding hydrogens is 324 g/mol. The van der Waals surface area contributed by atoms with Crippen LogP contribution >= 0.6 is 15.9 Å². The van der Waals surface area contributed by atoms with Gasteiger partial charge in [0.1, 0.15) is 6.10 Å². The maximum Gasteiger partial charge on any atom is 0.104 e. The molecule has 0 aliphatic heterocycles. The van der Waals surface area contributed by atoms with Crippen molar-refractivity contribution in [3.8, 4) is 0 Å². The monoisotopic (exact) mass is 340 g/mol. The molecule has 21 heavy (non-hydrogen) atoms. The van der Waals surface area contributed by atoms with Crippen LogP contribution < -0.4 is 0 Å². The van der Waals surface area contributed by atoms with E-state index in [2.05, 4.69) is 59.3 Å². The molecule has 0 aliphatic carbocycles. The van der Waals surface area contributed by atoms with Crippen LogP contribution in [0.1, 0.15) is 29.7 Å². The van der Waals surface area contributed by atoms with Crippen LogP contribution in [0.4, 0.5) is 0 Å². The van der Waals surface area contributed by atoms with E-state index in [0.29, 0.717) is 0 Å². The topological polar surface area (TPSA) is 20.2 Å². The molecule has 0 heterocycles. The third kappa shape index (κ3) is 3.02. The summed E-state index contributed by atoms with van der Waals surface area (Å²) in [5.74, 6) is 0. The molecular formula is C19H17BrO. The van der Waals surface area contributed by atoms with Crippen molar-refractivity contribution in [3.05, 3.63) is 81.8 Å². The Bertz CT molecular complexity index is 762. The Balaban J connectivity index is 1.96. The first-order chi connectivity index (χ1) is 10.2. The zero-order valence-electron chi connectivity index (χ0n) is 11.9. The molecule has 0 bridgehead atoms. The van der Waals surface area contributed by atoms with Crippen molar-refractivity contribution in [3.63, 3.8) is 0 Å². The SMILES string of the molecule is CCc1ccc(C(O)c2ccc3cc(Br)ccc3c2)cc1. The number of hydrogen-bond acceptors (Lipinski definition) is 1. The third-order valence-corrected chi connectivity index (χ3v) is 4.34. The number of aliphatic hydroxyl groups is 1. The summed E-state index contributed by atoms with van der Waals surface area (Å²) in [5, 5.41) is 12.9. The highest BCUT2D eigenvalue weighted by Crippen LogP contribution is 2.27. The lowest BCUT2D eigenvalue weighted by Gasteiger charge is -2.13. The van der Waals surface area contributed by atoms with Crippen molar-refractivity contribution in [2.45, 2.75) is 19.4 Å². The largest absolute Gasteiger partial charge is 0.384 e. The Hall–Kier alpha value is -1.64. The van der Waals surface area contributed by atoms with Gasteiger partial charge in [-0.3, -0.25) is 0 Å². The number of rotatable bonds is 3. The number of aryl methyl sites for hydroxylation is 1. The van der Waals surface area contributed by atoms with E-state index in [1.165, 1.54) is 10.9 Å². The quantitative estimate of drug-likeness (QED) is 0.690. The average molecular weight is 341 g/mol. The van der Waals surface area contributed by atoms with E-state index in [4.69, 9.17) is 0 Å².